The molecule has 22 heavy (non-hydrogen) atoms. The van der Waals surface area contributed by atoms with Crippen LogP contribution in [0.4, 0.5) is 5.69 Å². The summed E-state index contributed by atoms with van der Waals surface area (Å²) in [5.41, 5.74) is 2.98. The zero-order chi connectivity index (χ0) is 14.9. The van der Waals surface area contributed by atoms with Gasteiger partial charge in [0.25, 0.3) is 5.91 Å². The number of anilines is 1. The maximum Gasteiger partial charge on any atom is 0.294 e. The third-order valence-corrected chi connectivity index (χ3v) is 4.37. The van der Waals surface area contributed by atoms with E-state index < -0.39 is 0 Å². The van der Waals surface area contributed by atoms with Crippen molar-refractivity contribution in [1.29, 1.82) is 0 Å². The van der Waals surface area contributed by atoms with Crippen LogP contribution in [0.15, 0.2) is 51.5 Å². The number of amides is 1. The highest BCUT2D eigenvalue weighted by Crippen LogP contribution is 2.35. The maximum atomic E-state index is 11.9. The molecule has 2 aliphatic rings. The number of aliphatic imine (C=N–C) groups is 1. The Hall–Kier alpha value is -2.54. The Balaban J connectivity index is 1.49. The van der Waals surface area contributed by atoms with Crippen LogP contribution in [0, 0.1) is 0 Å². The highest BCUT2D eigenvalue weighted by Gasteiger charge is 2.26. The molecule has 0 aliphatic carbocycles. The minimum absolute atomic E-state index is 0.192. The van der Waals surface area contributed by atoms with Crippen molar-refractivity contribution < 1.29 is 9.32 Å². The predicted octanol–water partition coefficient (Wildman–Crippen LogP) is 2.64. The van der Waals surface area contributed by atoms with Gasteiger partial charge in [0, 0.05) is 23.7 Å². The Morgan fingerprint density at radius 3 is 2.91 bits per heavy atom. The Morgan fingerprint density at radius 2 is 2.14 bits per heavy atom. The van der Waals surface area contributed by atoms with Crippen LogP contribution >= 0.6 is 11.8 Å². The van der Waals surface area contributed by atoms with Gasteiger partial charge in [-0.2, -0.15) is 0 Å². The maximum absolute atomic E-state index is 11.9. The van der Waals surface area contributed by atoms with E-state index in [4.69, 9.17) is 4.52 Å². The number of benzene rings is 1. The average Bonchev–Trinajstić information content (AvgIpc) is 3.26. The van der Waals surface area contributed by atoms with Crippen LogP contribution in [0.25, 0.3) is 5.70 Å². The molecule has 3 heterocycles. The molecule has 0 spiro atoms. The molecule has 0 bridgehead atoms. The zero-order valence-electron chi connectivity index (χ0n) is 11.5. The van der Waals surface area contributed by atoms with E-state index in [2.05, 4.69) is 25.8 Å². The largest absolute Gasteiger partial charge is 0.351 e. The number of amidine groups is 1. The molecule has 1 amide bonds. The van der Waals surface area contributed by atoms with E-state index in [0.29, 0.717) is 5.69 Å². The van der Waals surface area contributed by atoms with Crippen molar-refractivity contribution in [3.05, 3.63) is 53.3 Å². The van der Waals surface area contributed by atoms with Crippen LogP contribution in [0.5, 0.6) is 0 Å². The molecule has 0 saturated carbocycles. The topological polar surface area (TPSA) is 70.7 Å². The van der Waals surface area contributed by atoms with Gasteiger partial charge in [-0.15, -0.1) is 0 Å². The van der Waals surface area contributed by atoms with Crippen LogP contribution < -0.4 is 5.32 Å². The number of rotatable bonds is 3. The number of nitrogens with zero attached hydrogens (tertiary/aromatic N) is 3. The smallest absolute Gasteiger partial charge is 0.294 e. The Labute approximate surface area is 130 Å². The lowest BCUT2D eigenvalue weighted by Gasteiger charge is -2.16. The highest BCUT2D eigenvalue weighted by molar-refractivity contribution is 8.16. The second kappa shape index (κ2) is 5.34. The predicted molar refractivity (Wildman–Crippen MR) is 85.5 cm³/mol. The first-order valence-corrected chi connectivity index (χ1v) is 7.70. The quantitative estimate of drug-likeness (QED) is 0.943. The second-order valence-corrected chi connectivity index (χ2v) is 5.68. The van der Waals surface area contributed by atoms with E-state index >= 15 is 0 Å². The number of hydrogen-bond acceptors (Lipinski definition) is 6. The minimum atomic E-state index is -0.310. The lowest BCUT2D eigenvalue weighted by atomic mass is 10.1. The number of aromatic nitrogens is 1. The SMILES string of the molecule is O=C(Nc1ccc(C2=CSC3=NCCN23)cc1)c1ccno1. The summed E-state index contributed by atoms with van der Waals surface area (Å²) < 4.78 is 4.83. The van der Waals surface area contributed by atoms with Gasteiger partial charge in [-0.25, -0.2) is 0 Å². The summed E-state index contributed by atoms with van der Waals surface area (Å²) in [7, 11) is 0. The summed E-state index contributed by atoms with van der Waals surface area (Å²) in [5, 5.41) is 9.47. The van der Waals surface area contributed by atoms with Crippen molar-refractivity contribution in [3.63, 3.8) is 0 Å². The molecule has 0 unspecified atom stereocenters. The van der Waals surface area contributed by atoms with Gasteiger partial charge in [0.05, 0.1) is 18.4 Å². The normalized spacial score (nSPS) is 16.3. The van der Waals surface area contributed by atoms with Gasteiger partial charge in [0.2, 0.25) is 5.76 Å². The van der Waals surface area contributed by atoms with E-state index in [9.17, 15) is 4.79 Å². The van der Waals surface area contributed by atoms with Gasteiger partial charge in [0.1, 0.15) is 0 Å². The monoisotopic (exact) mass is 312 g/mol. The molecule has 2 aliphatic heterocycles. The standard InChI is InChI=1S/C15H12N4O2S/c20-14(13-5-6-17-21-13)18-11-3-1-10(2-4-11)12-9-22-15-16-7-8-19(12)15/h1-6,9H,7-8H2,(H,18,20). The lowest BCUT2D eigenvalue weighted by Crippen LogP contribution is -2.19. The van der Waals surface area contributed by atoms with E-state index in [0.717, 1.165) is 29.5 Å². The van der Waals surface area contributed by atoms with Crippen LogP contribution in [0.2, 0.25) is 0 Å². The third kappa shape index (κ3) is 2.29. The van der Waals surface area contributed by atoms with Crippen molar-refractivity contribution in [2.24, 2.45) is 4.99 Å². The summed E-state index contributed by atoms with van der Waals surface area (Å²) in [6, 6.07) is 9.26. The second-order valence-electron chi connectivity index (χ2n) is 4.85. The molecule has 7 heteroatoms. The number of carbonyl (C=O) groups excluding carboxylic acids is 1. The molecule has 0 radical (unpaired) electrons. The van der Waals surface area contributed by atoms with Crippen molar-refractivity contribution >= 4 is 34.2 Å². The summed E-state index contributed by atoms with van der Waals surface area (Å²) in [6.07, 6.45) is 1.44. The molecule has 0 saturated heterocycles. The number of fused-ring (bicyclic) bond motifs is 1. The lowest BCUT2D eigenvalue weighted by molar-refractivity contribution is 0.0988. The molecule has 4 rings (SSSR count). The van der Waals surface area contributed by atoms with Crippen molar-refractivity contribution in [2.45, 2.75) is 0 Å². The number of carbonyl (C=O) groups is 1. The fourth-order valence-corrected chi connectivity index (χ4v) is 3.36. The van der Waals surface area contributed by atoms with E-state index in [-0.39, 0.29) is 11.7 Å². The van der Waals surface area contributed by atoms with Crippen molar-refractivity contribution in [3.8, 4) is 0 Å². The van der Waals surface area contributed by atoms with Gasteiger partial charge in [-0.3, -0.25) is 9.79 Å². The van der Waals surface area contributed by atoms with Gasteiger partial charge in [-0.05, 0) is 17.7 Å². The fourth-order valence-electron chi connectivity index (χ4n) is 2.40. The Kier molecular flexibility index (Phi) is 3.19. The van der Waals surface area contributed by atoms with E-state index in [1.807, 2.05) is 24.3 Å². The first-order valence-electron chi connectivity index (χ1n) is 6.82. The zero-order valence-corrected chi connectivity index (χ0v) is 12.3. The first kappa shape index (κ1) is 13.1. The first-order chi connectivity index (χ1) is 10.8. The third-order valence-electron chi connectivity index (χ3n) is 3.47. The molecular weight excluding hydrogens is 300 g/mol. The van der Waals surface area contributed by atoms with Crippen LogP contribution in [0.3, 0.4) is 0 Å². The minimum Gasteiger partial charge on any atom is -0.351 e. The number of nitrogens with one attached hydrogen (secondary N) is 1. The molecule has 2 aromatic rings. The molecule has 0 atom stereocenters. The summed E-state index contributed by atoms with van der Waals surface area (Å²) in [6.45, 7) is 1.78. The number of thioether (sulfide) groups is 1. The van der Waals surface area contributed by atoms with Gasteiger partial charge >= 0.3 is 0 Å². The van der Waals surface area contributed by atoms with Crippen LogP contribution in [0.1, 0.15) is 16.1 Å². The summed E-state index contributed by atoms with van der Waals surface area (Å²) in [4.78, 5) is 18.5. The molecule has 0 fully saturated rings. The molecule has 1 N–H and O–H groups in total. The van der Waals surface area contributed by atoms with E-state index in [1.54, 1.807) is 11.8 Å². The molecule has 6 nitrogen and oxygen atoms in total. The summed E-state index contributed by atoms with van der Waals surface area (Å²) in [5.74, 6) is -0.119. The van der Waals surface area contributed by atoms with Crippen LogP contribution in [-0.4, -0.2) is 34.2 Å². The number of hydrogen-bond donors (Lipinski definition) is 1. The van der Waals surface area contributed by atoms with Gasteiger partial charge in [-0.1, -0.05) is 29.1 Å². The van der Waals surface area contributed by atoms with Crippen molar-refractivity contribution in [2.75, 3.05) is 18.4 Å². The molecular formula is C15H12N4O2S. The van der Waals surface area contributed by atoms with Gasteiger partial charge < -0.3 is 14.7 Å². The van der Waals surface area contributed by atoms with E-state index in [1.165, 1.54) is 12.3 Å². The fraction of sp³-hybridized carbons (Fsp3) is 0.133. The Morgan fingerprint density at radius 1 is 1.27 bits per heavy atom. The van der Waals surface area contributed by atoms with Gasteiger partial charge in [0.15, 0.2) is 5.17 Å². The summed E-state index contributed by atoms with van der Waals surface area (Å²) >= 11 is 1.65. The molecule has 1 aromatic carbocycles. The Bertz CT molecular complexity index is 765. The molecule has 110 valence electrons. The average molecular weight is 312 g/mol. The highest BCUT2D eigenvalue weighted by atomic mass is 32.2. The molecule has 1 aromatic heterocycles. The van der Waals surface area contributed by atoms with Crippen LogP contribution in [-0.2, 0) is 0 Å². The van der Waals surface area contributed by atoms with Crippen molar-refractivity contribution in [1.82, 2.24) is 10.1 Å².